The molecule has 0 amide bonds. The zero-order valence-corrected chi connectivity index (χ0v) is 23.5. The first-order valence-electron chi connectivity index (χ1n) is 13.9. The van der Waals surface area contributed by atoms with Crippen LogP contribution in [0.3, 0.4) is 0 Å². The van der Waals surface area contributed by atoms with Crippen LogP contribution in [0.1, 0.15) is 50.8 Å². The van der Waals surface area contributed by atoms with E-state index in [4.69, 9.17) is 20.5 Å². The summed E-state index contributed by atoms with van der Waals surface area (Å²) in [6.07, 6.45) is 2.94. The van der Waals surface area contributed by atoms with Crippen LogP contribution >= 0.6 is 0 Å². The molecular formula is C33H34N4O3. The first-order valence-corrected chi connectivity index (χ1v) is 13.9. The monoisotopic (exact) mass is 534 g/mol. The second kappa shape index (κ2) is 10.2. The first-order chi connectivity index (χ1) is 19.3. The molecule has 3 aromatic carbocycles. The van der Waals surface area contributed by atoms with Gasteiger partial charge in [0.2, 0.25) is 17.5 Å². The Labute approximate surface area is 235 Å². The van der Waals surface area contributed by atoms with Gasteiger partial charge in [-0.3, -0.25) is 4.90 Å². The first kappa shape index (κ1) is 26.2. The summed E-state index contributed by atoms with van der Waals surface area (Å²) in [5.74, 6) is 1.40. The predicted octanol–water partition coefficient (Wildman–Crippen LogP) is 7.24. The van der Waals surface area contributed by atoms with Crippen molar-refractivity contribution in [2.24, 2.45) is 0 Å². The van der Waals surface area contributed by atoms with E-state index in [0.717, 1.165) is 31.4 Å². The van der Waals surface area contributed by atoms with Crippen molar-refractivity contribution < 1.29 is 13.9 Å². The van der Waals surface area contributed by atoms with Crippen molar-refractivity contribution in [1.29, 1.82) is 0 Å². The molecule has 0 N–H and O–H groups in total. The van der Waals surface area contributed by atoms with Gasteiger partial charge in [0.15, 0.2) is 0 Å². The molecule has 1 aliphatic heterocycles. The molecule has 0 saturated carbocycles. The van der Waals surface area contributed by atoms with Crippen molar-refractivity contribution >= 4 is 5.69 Å². The van der Waals surface area contributed by atoms with E-state index >= 15 is 0 Å². The van der Waals surface area contributed by atoms with E-state index in [-0.39, 0.29) is 17.4 Å². The van der Waals surface area contributed by atoms with Gasteiger partial charge in [-0.2, -0.15) is 0 Å². The number of ether oxygens (including phenoxy) is 2. The quantitative estimate of drug-likeness (QED) is 0.243. The van der Waals surface area contributed by atoms with Crippen molar-refractivity contribution in [2.45, 2.75) is 70.9 Å². The molecule has 40 heavy (non-hydrogen) atoms. The van der Waals surface area contributed by atoms with Gasteiger partial charge in [0.05, 0.1) is 24.8 Å². The summed E-state index contributed by atoms with van der Waals surface area (Å²) in [5, 5.41) is 8.66. The Bertz CT molecular complexity index is 1570. The van der Waals surface area contributed by atoms with Crippen LogP contribution in [-0.2, 0) is 24.1 Å². The molecule has 1 aromatic heterocycles. The highest BCUT2D eigenvalue weighted by Gasteiger charge is 2.52. The third kappa shape index (κ3) is 4.90. The van der Waals surface area contributed by atoms with Crippen LogP contribution in [0, 0.1) is 6.57 Å². The lowest BCUT2D eigenvalue weighted by atomic mass is 9.76. The summed E-state index contributed by atoms with van der Waals surface area (Å²) in [6.45, 7) is 17.3. The lowest BCUT2D eigenvalue weighted by Gasteiger charge is -2.45. The number of fused-ring (bicyclic) bond motifs is 1. The van der Waals surface area contributed by atoms with Crippen LogP contribution in [-0.4, -0.2) is 39.1 Å². The zero-order chi connectivity index (χ0) is 27.9. The molecule has 204 valence electrons. The molecule has 1 atom stereocenters. The fourth-order valence-electron chi connectivity index (χ4n) is 6.04. The number of hydrogen-bond acceptors (Lipinski definition) is 6. The van der Waals surface area contributed by atoms with E-state index < -0.39 is 0 Å². The summed E-state index contributed by atoms with van der Waals surface area (Å²) in [4.78, 5) is 6.17. The van der Waals surface area contributed by atoms with Gasteiger partial charge < -0.3 is 13.9 Å². The Kier molecular flexibility index (Phi) is 6.69. The van der Waals surface area contributed by atoms with Gasteiger partial charge in [-0.15, -0.1) is 10.2 Å². The van der Waals surface area contributed by atoms with E-state index in [9.17, 15) is 0 Å². The van der Waals surface area contributed by atoms with Crippen molar-refractivity contribution in [3.8, 4) is 28.7 Å². The minimum atomic E-state index is -0.341. The number of rotatable bonds is 6. The van der Waals surface area contributed by atoms with Crippen LogP contribution < -0.4 is 4.74 Å². The largest absolute Gasteiger partial charge is 0.502 e. The highest BCUT2D eigenvalue weighted by molar-refractivity contribution is 5.69. The van der Waals surface area contributed by atoms with Gasteiger partial charge in [0, 0.05) is 17.7 Å². The number of benzene rings is 3. The molecule has 0 bridgehead atoms. The van der Waals surface area contributed by atoms with Gasteiger partial charge in [-0.25, -0.2) is 4.85 Å². The normalized spacial score (nSPS) is 20.0. The molecule has 1 fully saturated rings. The molecule has 1 saturated heterocycles. The lowest BCUT2D eigenvalue weighted by molar-refractivity contribution is -0.0673. The highest BCUT2D eigenvalue weighted by atomic mass is 16.5. The Morgan fingerprint density at radius 3 is 2.42 bits per heavy atom. The minimum Gasteiger partial charge on any atom is -0.502 e. The molecule has 4 aromatic rings. The molecule has 7 nitrogen and oxygen atoms in total. The summed E-state index contributed by atoms with van der Waals surface area (Å²) in [5.41, 5.74) is 5.56. The van der Waals surface area contributed by atoms with Gasteiger partial charge in [0.25, 0.3) is 0 Å². The zero-order valence-electron chi connectivity index (χ0n) is 23.5. The van der Waals surface area contributed by atoms with Crippen LogP contribution in [0.15, 0.2) is 71.1 Å². The van der Waals surface area contributed by atoms with Crippen LogP contribution in [0.2, 0.25) is 0 Å². The Morgan fingerprint density at radius 1 is 0.975 bits per heavy atom. The van der Waals surface area contributed by atoms with E-state index in [1.54, 1.807) is 12.1 Å². The van der Waals surface area contributed by atoms with E-state index in [2.05, 4.69) is 82.3 Å². The van der Waals surface area contributed by atoms with Crippen molar-refractivity contribution in [1.82, 2.24) is 15.1 Å². The maximum atomic E-state index is 7.55. The summed E-state index contributed by atoms with van der Waals surface area (Å²) in [7, 11) is 0. The summed E-state index contributed by atoms with van der Waals surface area (Å²) >= 11 is 0. The minimum absolute atomic E-state index is 0.0169. The number of aromatic nitrogens is 2. The fourth-order valence-corrected chi connectivity index (χ4v) is 6.04. The number of hydrogen-bond donors (Lipinski definition) is 0. The van der Waals surface area contributed by atoms with Gasteiger partial charge in [-0.05, 0) is 94.0 Å². The Balaban J connectivity index is 1.27. The van der Waals surface area contributed by atoms with Crippen molar-refractivity contribution in [3.63, 3.8) is 0 Å². The van der Waals surface area contributed by atoms with Gasteiger partial charge >= 0.3 is 0 Å². The highest BCUT2D eigenvalue weighted by Crippen LogP contribution is 2.45. The van der Waals surface area contributed by atoms with Crippen LogP contribution in [0.5, 0.6) is 5.75 Å². The topological polar surface area (TPSA) is 65.0 Å². The molecule has 6 rings (SSSR count). The molecule has 0 unspecified atom stereocenters. The molecule has 2 heterocycles. The van der Waals surface area contributed by atoms with Gasteiger partial charge in [0.1, 0.15) is 11.5 Å². The second-order valence-corrected chi connectivity index (χ2v) is 11.6. The molecule has 0 radical (unpaired) electrons. The smallest absolute Gasteiger partial charge is 0.248 e. The van der Waals surface area contributed by atoms with Crippen LogP contribution in [0.25, 0.3) is 27.8 Å². The Morgan fingerprint density at radius 2 is 1.70 bits per heavy atom. The lowest BCUT2D eigenvalue weighted by Crippen LogP contribution is -2.54. The predicted molar refractivity (Wildman–Crippen MR) is 154 cm³/mol. The average Bonchev–Trinajstić information content (AvgIpc) is 3.53. The van der Waals surface area contributed by atoms with Crippen molar-refractivity contribution in [3.05, 3.63) is 94.8 Å². The summed E-state index contributed by atoms with van der Waals surface area (Å²) in [6, 6.07) is 22.5. The molecule has 7 heteroatoms. The number of nitrogens with zero attached hydrogens (tertiary/aromatic N) is 4. The van der Waals surface area contributed by atoms with E-state index in [0.29, 0.717) is 35.4 Å². The van der Waals surface area contributed by atoms with Crippen LogP contribution in [0.4, 0.5) is 5.69 Å². The Hall–Kier alpha value is -3.99. The van der Waals surface area contributed by atoms with Gasteiger partial charge in [-0.1, -0.05) is 36.4 Å². The van der Waals surface area contributed by atoms with Crippen molar-refractivity contribution in [2.75, 3.05) is 6.61 Å². The standard InChI is InChI=1S/C33H34N4O3/c1-22(2)39-29-14-13-26(18-28(29)34-5)31-36-35-30(40-31)25-12-11-24-15-16-33(19-27(24)17-25)21-38-32(3,4)37(33)20-23-9-7-6-8-10-23/h6-14,17-18,22H,15-16,19-21H2,1-4H3/t33-/m0/s1. The molecule has 2 aliphatic rings. The third-order valence-electron chi connectivity index (χ3n) is 8.05. The SMILES string of the molecule is [C-]#[N+]c1cc(-c2nnc(-c3ccc4c(c3)C[C@@]3(CC4)COC(C)(C)N3Cc3ccccc3)o2)ccc1OC(C)C. The fraction of sp³-hybridized carbons (Fsp3) is 0.364. The maximum Gasteiger partial charge on any atom is 0.248 e. The average molecular weight is 535 g/mol. The number of aryl methyl sites for hydroxylation is 1. The summed E-state index contributed by atoms with van der Waals surface area (Å²) < 4.78 is 18.3. The van der Waals surface area contributed by atoms with E-state index in [1.807, 2.05) is 19.9 Å². The second-order valence-electron chi connectivity index (χ2n) is 11.6. The molecule has 1 spiro atoms. The van der Waals surface area contributed by atoms with E-state index in [1.165, 1.54) is 16.7 Å². The molecular weight excluding hydrogens is 500 g/mol. The third-order valence-corrected chi connectivity index (χ3v) is 8.05. The molecule has 1 aliphatic carbocycles. The maximum absolute atomic E-state index is 7.55.